The quantitative estimate of drug-likeness (QED) is 0.712. The molecule has 0 spiro atoms. The molecule has 1 amide bonds. The molecule has 1 unspecified atom stereocenters. The number of piperidine rings is 1. The van der Waals surface area contributed by atoms with Crippen molar-refractivity contribution in [1.82, 2.24) is 24.6 Å². The molecule has 1 aliphatic rings. The molecule has 3 aromatic rings. The molecule has 0 aliphatic carbocycles. The maximum Gasteiger partial charge on any atom is 0.257 e. The van der Waals surface area contributed by atoms with Gasteiger partial charge in [0.05, 0.1) is 29.7 Å². The van der Waals surface area contributed by atoms with Gasteiger partial charge in [-0.2, -0.15) is 5.10 Å². The summed E-state index contributed by atoms with van der Waals surface area (Å²) in [4.78, 5) is 22.9. The number of nitrogens with zero attached hydrogens (tertiary/aromatic N) is 5. The maximum absolute atomic E-state index is 13.1. The third-order valence-corrected chi connectivity index (χ3v) is 4.75. The van der Waals surface area contributed by atoms with E-state index in [1.807, 2.05) is 42.2 Å². The molecular weight excluding hydrogens is 342 g/mol. The van der Waals surface area contributed by atoms with Gasteiger partial charge in [-0.1, -0.05) is 18.2 Å². The lowest BCUT2D eigenvalue weighted by Gasteiger charge is -2.32. The van der Waals surface area contributed by atoms with E-state index < -0.39 is 0 Å². The Morgan fingerprint density at radius 3 is 2.85 bits per heavy atom. The highest BCUT2D eigenvalue weighted by Gasteiger charge is 2.28. The molecule has 1 fully saturated rings. The summed E-state index contributed by atoms with van der Waals surface area (Å²) in [5, 5.41) is 4.41. The first-order valence-electron chi connectivity index (χ1n) is 9.04. The van der Waals surface area contributed by atoms with Crippen molar-refractivity contribution >= 4 is 5.91 Å². The molecule has 1 aromatic carbocycles. The van der Waals surface area contributed by atoms with E-state index in [2.05, 4.69) is 15.1 Å². The van der Waals surface area contributed by atoms with Crippen molar-refractivity contribution in [2.45, 2.75) is 25.9 Å². The molecule has 138 valence electrons. The molecule has 27 heavy (non-hydrogen) atoms. The molecule has 7 heteroatoms. The lowest BCUT2D eigenvalue weighted by molar-refractivity contribution is 0.0526. The fourth-order valence-electron chi connectivity index (χ4n) is 3.36. The summed E-state index contributed by atoms with van der Waals surface area (Å²) in [7, 11) is 0. The number of aromatic nitrogens is 4. The largest absolute Gasteiger partial charge is 0.472 e. The summed E-state index contributed by atoms with van der Waals surface area (Å²) in [6.07, 6.45) is 6.49. The van der Waals surface area contributed by atoms with Gasteiger partial charge in [0, 0.05) is 18.8 Å². The van der Waals surface area contributed by atoms with E-state index in [0.29, 0.717) is 18.0 Å². The summed E-state index contributed by atoms with van der Waals surface area (Å²) >= 11 is 0. The zero-order chi connectivity index (χ0) is 18.6. The second-order valence-corrected chi connectivity index (χ2v) is 6.57. The second kappa shape index (κ2) is 7.57. The number of hydrogen-bond acceptors (Lipinski definition) is 5. The minimum Gasteiger partial charge on any atom is -0.472 e. The number of rotatable bonds is 4. The van der Waals surface area contributed by atoms with Gasteiger partial charge >= 0.3 is 0 Å². The van der Waals surface area contributed by atoms with Gasteiger partial charge in [0.15, 0.2) is 0 Å². The Labute approximate surface area is 157 Å². The number of hydrogen-bond donors (Lipinski definition) is 0. The number of carbonyl (C=O) groups excluding carboxylic acids is 1. The molecule has 0 radical (unpaired) electrons. The molecule has 1 aliphatic heterocycles. The summed E-state index contributed by atoms with van der Waals surface area (Å²) < 4.78 is 7.71. The molecule has 1 atom stereocenters. The van der Waals surface area contributed by atoms with Gasteiger partial charge in [0.2, 0.25) is 5.88 Å². The topological polar surface area (TPSA) is 73.1 Å². The Bertz CT molecular complexity index is 911. The highest BCUT2D eigenvalue weighted by molar-refractivity contribution is 5.95. The molecule has 2 aromatic heterocycles. The van der Waals surface area contributed by atoms with E-state index in [9.17, 15) is 4.79 Å². The van der Waals surface area contributed by atoms with Crippen LogP contribution in [-0.2, 0) is 0 Å². The van der Waals surface area contributed by atoms with E-state index in [1.54, 1.807) is 23.1 Å². The fourth-order valence-corrected chi connectivity index (χ4v) is 3.36. The first-order chi connectivity index (χ1) is 13.2. The van der Waals surface area contributed by atoms with Gasteiger partial charge in [-0.3, -0.25) is 4.79 Å². The molecule has 0 saturated carbocycles. The highest BCUT2D eigenvalue weighted by atomic mass is 16.5. The van der Waals surface area contributed by atoms with Gasteiger partial charge in [-0.25, -0.2) is 14.6 Å². The van der Waals surface area contributed by atoms with E-state index in [4.69, 9.17) is 4.74 Å². The predicted molar refractivity (Wildman–Crippen MR) is 99.9 cm³/mol. The molecule has 7 nitrogen and oxygen atoms in total. The van der Waals surface area contributed by atoms with Crippen molar-refractivity contribution in [3.05, 3.63) is 66.4 Å². The Morgan fingerprint density at radius 1 is 1.22 bits per heavy atom. The van der Waals surface area contributed by atoms with Gasteiger partial charge < -0.3 is 9.64 Å². The minimum atomic E-state index is -0.0675. The lowest BCUT2D eigenvalue weighted by Crippen LogP contribution is -2.44. The average molecular weight is 363 g/mol. The van der Waals surface area contributed by atoms with Crippen LogP contribution in [0.5, 0.6) is 5.88 Å². The van der Waals surface area contributed by atoms with Crippen LogP contribution < -0.4 is 4.74 Å². The van der Waals surface area contributed by atoms with Crippen molar-refractivity contribution in [3.8, 4) is 11.6 Å². The summed E-state index contributed by atoms with van der Waals surface area (Å²) in [6, 6.07) is 11.5. The Kier molecular flexibility index (Phi) is 4.82. The van der Waals surface area contributed by atoms with Crippen LogP contribution in [0.15, 0.2) is 55.1 Å². The number of benzene rings is 1. The molecule has 0 bridgehead atoms. The van der Waals surface area contributed by atoms with Gasteiger partial charge in [-0.15, -0.1) is 0 Å². The van der Waals surface area contributed by atoms with E-state index in [0.717, 1.165) is 30.8 Å². The number of carbonyl (C=O) groups is 1. The lowest BCUT2D eigenvalue weighted by atomic mass is 10.1. The van der Waals surface area contributed by atoms with Crippen LogP contribution in [0.4, 0.5) is 0 Å². The normalized spacial score (nSPS) is 16.9. The molecule has 4 rings (SSSR count). The van der Waals surface area contributed by atoms with Crippen LogP contribution in [0.3, 0.4) is 0 Å². The van der Waals surface area contributed by atoms with E-state index >= 15 is 0 Å². The van der Waals surface area contributed by atoms with Crippen LogP contribution in [0.1, 0.15) is 28.9 Å². The predicted octanol–water partition coefficient (Wildman–Crippen LogP) is 2.65. The molecule has 1 saturated heterocycles. The summed E-state index contributed by atoms with van der Waals surface area (Å²) in [5.74, 6) is 0.531. The van der Waals surface area contributed by atoms with Crippen LogP contribution >= 0.6 is 0 Å². The third-order valence-electron chi connectivity index (χ3n) is 4.75. The zero-order valence-electron chi connectivity index (χ0n) is 15.2. The van der Waals surface area contributed by atoms with Gasteiger partial charge in [0.1, 0.15) is 12.4 Å². The monoisotopic (exact) mass is 363 g/mol. The Morgan fingerprint density at radius 2 is 2.07 bits per heavy atom. The van der Waals surface area contributed by atoms with Gasteiger partial charge in [-0.05, 0) is 31.9 Å². The standard InChI is InChI=1S/C20H21N5O2/c1-15-18(12-23-25(15)16-6-3-2-4-7-16)20(26)24-11-5-8-17(13-24)27-19-9-10-21-14-22-19/h2-4,6-7,9-10,12,14,17H,5,8,11,13H2,1H3. The average Bonchev–Trinajstić information content (AvgIpc) is 3.10. The second-order valence-electron chi connectivity index (χ2n) is 6.57. The molecule has 0 N–H and O–H groups in total. The van der Waals surface area contributed by atoms with E-state index in [-0.39, 0.29) is 12.0 Å². The zero-order valence-corrected chi connectivity index (χ0v) is 15.2. The first kappa shape index (κ1) is 17.2. The smallest absolute Gasteiger partial charge is 0.257 e. The first-order valence-corrected chi connectivity index (χ1v) is 9.04. The van der Waals surface area contributed by atoms with Crippen molar-refractivity contribution in [3.63, 3.8) is 0 Å². The van der Waals surface area contributed by atoms with Crippen molar-refractivity contribution < 1.29 is 9.53 Å². The summed E-state index contributed by atoms with van der Waals surface area (Å²) in [5.41, 5.74) is 2.41. The third kappa shape index (κ3) is 3.67. The SMILES string of the molecule is Cc1c(C(=O)N2CCCC(Oc3ccncn3)C2)cnn1-c1ccccc1. The highest BCUT2D eigenvalue weighted by Crippen LogP contribution is 2.20. The van der Waals surface area contributed by atoms with Crippen molar-refractivity contribution in [2.75, 3.05) is 13.1 Å². The van der Waals surface area contributed by atoms with Crippen molar-refractivity contribution in [2.24, 2.45) is 0 Å². The number of para-hydroxylation sites is 1. The fraction of sp³-hybridized carbons (Fsp3) is 0.300. The van der Waals surface area contributed by atoms with Gasteiger partial charge in [0.25, 0.3) is 5.91 Å². The Balaban J connectivity index is 1.49. The number of likely N-dealkylation sites (tertiary alicyclic amines) is 1. The van der Waals surface area contributed by atoms with Crippen LogP contribution in [0, 0.1) is 6.92 Å². The maximum atomic E-state index is 13.1. The Hall–Kier alpha value is -3.22. The molecule has 3 heterocycles. The molecular formula is C20H21N5O2. The number of amides is 1. The van der Waals surface area contributed by atoms with Crippen LogP contribution in [0.2, 0.25) is 0 Å². The van der Waals surface area contributed by atoms with Crippen LogP contribution in [0.25, 0.3) is 5.69 Å². The van der Waals surface area contributed by atoms with Crippen molar-refractivity contribution in [1.29, 1.82) is 0 Å². The minimum absolute atomic E-state index is 0.00864. The van der Waals surface area contributed by atoms with E-state index in [1.165, 1.54) is 6.33 Å². The number of ether oxygens (including phenoxy) is 1. The van der Waals surface area contributed by atoms with Crippen LogP contribution in [-0.4, -0.2) is 49.7 Å². The summed E-state index contributed by atoms with van der Waals surface area (Å²) in [6.45, 7) is 3.18.